The zero-order valence-electron chi connectivity index (χ0n) is 14.8. The molecule has 3 rings (SSSR count). The van der Waals surface area contributed by atoms with E-state index >= 15 is 0 Å². The van der Waals surface area contributed by atoms with E-state index in [4.69, 9.17) is 35.4 Å². The van der Waals surface area contributed by atoms with Crippen LogP contribution in [-0.2, 0) is 12.7 Å². The van der Waals surface area contributed by atoms with Crippen molar-refractivity contribution in [1.82, 2.24) is 9.80 Å². The van der Waals surface area contributed by atoms with Crippen LogP contribution < -0.4 is 5.32 Å². The van der Waals surface area contributed by atoms with Gasteiger partial charge in [0.1, 0.15) is 0 Å². The third-order valence-corrected chi connectivity index (χ3v) is 5.49. The molecule has 9 heteroatoms. The number of anilines is 1. The van der Waals surface area contributed by atoms with Gasteiger partial charge in [0.25, 0.3) is 0 Å². The second kappa shape index (κ2) is 8.86. The van der Waals surface area contributed by atoms with Crippen molar-refractivity contribution in [3.05, 3.63) is 63.6 Å². The van der Waals surface area contributed by atoms with Gasteiger partial charge in [-0.1, -0.05) is 41.4 Å². The molecule has 0 unspecified atom stereocenters. The molecule has 0 aromatic heterocycles. The number of halogens is 5. The van der Waals surface area contributed by atoms with E-state index in [1.165, 1.54) is 12.1 Å². The number of alkyl halides is 3. The fraction of sp³-hybridized carbons (Fsp3) is 0.316. The maximum Gasteiger partial charge on any atom is 0.418 e. The molecule has 0 atom stereocenters. The number of nitrogens with zero attached hydrogens (tertiary/aromatic N) is 2. The molecule has 1 fully saturated rings. The molecule has 1 aliphatic rings. The Morgan fingerprint density at radius 2 is 1.71 bits per heavy atom. The van der Waals surface area contributed by atoms with E-state index in [-0.39, 0.29) is 5.69 Å². The van der Waals surface area contributed by atoms with Gasteiger partial charge in [0.05, 0.1) is 11.3 Å². The van der Waals surface area contributed by atoms with Gasteiger partial charge in [-0.05, 0) is 42.0 Å². The van der Waals surface area contributed by atoms with Crippen LogP contribution in [0.2, 0.25) is 10.0 Å². The Morgan fingerprint density at radius 3 is 2.36 bits per heavy atom. The average Bonchev–Trinajstić information content (AvgIpc) is 2.64. The molecule has 1 N–H and O–H groups in total. The minimum Gasteiger partial charge on any atom is -0.346 e. The number of piperazine rings is 1. The second-order valence-corrected chi connectivity index (χ2v) is 7.70. The van der Waals surface area contributed by atoms with Gasteiger partial charge in [-0.2, -0.15) is 13.2 Å². The molecule has 1 aliphatic heterocycles. The van der Waals surface area contributed by atoms with Crippen LogP contribution in [0.3, 0.4) is 0 Å². The predicted octanol–water partition coefficient (Wildman–Crippen LogP) is 5.53. The minimum absolute atomic E-state index is 0.0321. The Labute approximate surface area is 177 Å². The van der Waals surface area contributed by atoms with E-state index < -0.39 is 11.7 Å². The maximum atomic E-state index is 13.1. The number of rotatable bonds is 3. The standard InChI is InChI=1S/C19H18Cl2F3N3S/c20-14-6-5-13(16(21)11-14)12-26-7-9-27(10-8-26)18(28)25-17-4-2-1-3-15(17)19(22,23)24/h1-6,11H,7-10,12H2,(H,25,28). The van der Waals surface area contributed by atoms with Gasteiger partial charge < -0.3 is 10.2 Å². The summed E-state index contributed by atoms with van der Waals surface area (Å²) in [6, 6.07) is 10.7. The topological polar surface area (TPSA) is 18.5 Å². The first-order valence-electron chi connectivity index (χ1n) is 8.62. The van der Waals surface area contributed by atoms with Crippen LogP contribution in [0.15, 0.2) is 42.5 Å². The SMILES string of the molecule is FC(F)(F)c1ccccc1NC(=S)N1CCN(Cc2ccc(Cl)cc2Cl)CC1. The number of hydrogen-bond donors (Lipinski definition) is 1. The van der Waals surface area contributed by atoms with Crippen molar-refractivity contribution in [2.45, 2.75) is 12.7 Å². The molecule has 28 heavy (non-hydrogen) atoms. The first-order valence-corrected chi connectivity index (χ1v) is 9.79. The van der Waals surface area contributed by atoms with E-state index in [9.17, 15) is 13.2 Å². The Balaban J connectivity index is 1.57. The molecule has 0 spiro atoms. The van der Waals surface area contributed by atoms with Gasteiger partial charge in [-0.15, -0.1) is 0 Å². The molecule has 2 aromatic carbocycles. The van der Waals surface area contributed by atoms with Crippen LogP contribution in [0.5, 0.6) is 0 Å². The Morgan fingerprint density at radius 1 is 1.04 bits per heavy atom. The van der Waals surface area contributed by atoms with Gasteiger partial charge in [0.2, 0.25) is 0 Å². The van der Waals surface area contributed by atoms with Crippen molar-refractivity contribution in [3.8, 4) is 0 Å². The lowest BCUT2D eigenvalue weighted by molar-refractivity contribution is -0.136. The second-order valence-electron chi connectivity index (χ2n) is 6.47. The average molecular weight is 448 g/mol. The quantitative estimate of drug-likeness (QED) is 0.623. The van der Waals surface area contributed by atoms with Crippen molar-refractivity contribution >= 4 is 46.2 Å². The van der Waals surface area contributed by atoms with Crippen molar-refractivity contribution in [2.24, 2.45) is 0 Å². The van der Waals surface area contributed by atoms with E-state index in [1.54, 1.807) is 18.2 Å². The summed E-state index contributed by atoms with van der Waals surface area (Å²) in [4.78, 5) is 4.10. The summed E-state index contributed by atoms with van der Waals surface area (Å²) in [6.07, 6.45) is -4.43. The van der Waals surface area contributed by atoms with Crippen LogP contribution in [-0.4, -0.2) is 41.1 Å². The summed E-state index contributed by atoms with van der Waals surface area (Å²) in [5.41, 5.74) is 0.225. The maximum absolute atomic E-state index is 13.1. The van der Waals surface area contributed by atoms with Crippen LogP contribution >= 0.6 is 35.4 Å². The van der Waals surface area contributed by atoms with Crippen molar-refractivity contribution < 1.29 is 13.2 Å². The van der Waals surface area contributed by atoms with E-state index in [1.807, 2.05) is 11.0 Å². The fourth-order valence-electron chi connectivity index (χ4n) is 3.03. The Hall–Kier alpha value is -1.54. The van der Waals surface area contributed by atoms with Crippen LogP contribution in [0.25, 0.3) is 0 Å². The highest BCUT2D eigenvalue weighted by Crippen LogP contribution is 2.34. The minimum atomic E-state index is -4.43. The van der Waals surface area contributed by atoms with Crippen LogP contribution in [0.1, 0.15) is 11.1 Å². The zero-order chi connectivity index (χ0) is 20.3. The largest absolute Gasteiger partial charge is 0.418 e. The van der Waals surface area contributed by atoms with Gasteiger partial charge in [0, 0.05) is 42.8 Å². The smallest absolute Gasteiger partial charge is 0.346 e. The number of hydrogen-bond acceptors (Lipinski definition) is 2. The molecular weight excluding hydrogens is 430 g/mol. The number of nitrogens with one attached hydrogen (secondary N) is 1. The Kier molecular flexibility index (Phi) is 6.70. The molecule has 0 radical (unpaired) electrons. The highest BCUT2D eigenvalue weighted by atomic mass is 35.5. The molecule has 1 heterocycles. The first-order chi connectivity index (χ1) is 13.2. The van der Waals surface area contributed by atoms with Crippen molar-refractivity contribution in [1.29, 1.82) is 0 Å². The summed E-state index contributed by atoms with van der Waals surface area (Å²) >= 11 is 17.5. The van der Waals surface area contributed by atoms with Crippen LogP contribution in [0.4, 0.5) is 18.9 Å². The van der Waals surface area contributed by atoms with E-state index in [0.717, 1.165) is 24.7 Å². The van der Waals surface area contributed by atoms with Crippen molar-refractivity contribution in [2.75, 3.05) is 31.5 Å². The Bertz CT molecular complexity index is 853. The van der Waals surface area contributed by atoms with Crippen LogP contribution in [0, 0.1) is 0 Å². The highest BCUT2D eigenvalue weighted by Gasteiger charge is 2.33. The third kappa shape index (κ3) is 5.29. The lowest BCUT2D eigenvalue weighted by Gasteiger charge is -2.36. The lowest BCUT2D eigenvalue weighted by atomic mass is 10.1. The highest BCUT2D eigenvalue weighted by molar-refractivity contribution is 7.80. The van der Waals surface area contributed by atoms with E-state index in [2.05, 4.69) is 10.2 Å². The van der Waals surface area contributed by atoms with E-state index in [0.29, 0.717) is 34.8 Å². The monoisotopic (exact) mass is 447 g/mol. The lowest BCUT2D eigenvalue weighted by Crippen LogP contribution is -2.49. The normalized spacial score (nSPS) is 15.5. The number of thiocarbonyl (C=S) groups is 1. The zero-order valence-corrected chi connectivity index (χ0v) is 17.1. The molecule has 0 amide bonds. The summed E-state index contributed by atoms with van der Waals surface area (Å²) in [6.45, 7) is 3.36. The molecule has 2 aromatic rings. The molecule has 0 aliphatic carbocycles. The molecule has 150 valence electrons. The van der Waals surface area contributed by atoms with Gasteiger partial charge in [-0.25, -0.2) is 0 Å². The summed E-state index contributed by atoms with van der Waals surface area (Å²) in [5, 5.41) is 4.26. The molecule has 0 bridgehead atoms. The predicted molar refractivity (Wildman–Crippen MR) is 111 cm³/mol. The number of benzene rings is 2. The summed E-state index contributed by atoms with van der Waals surface area (Å²) in [7, 11) is 0. The molecule has 3 nitrogen and oxygen atoms in total. The van der Waals surface area contributed by atoms with Crippen molar-refractivity contribution in [3.63, 3.8) is 0 Å². The van der Waals surface area contributed by atoms with Gasteiger partial charge >= 0.3 is 6.18 Å². The fourth-order valence-corrected chi connectivity index (χ4v) is 3.79. The summed E-state index contributed by atoms with van der Waals surface area (Å²) in [5.74, 6) is 0. The van der Waals surface area contributed by atoms with Gasteiger partial charge in [-0.3, -0.25) is 4.90 Å². The molecule has 1 saturated heterocycles. The van der Waals surface area contributed by atoms with Gasteiger partial charge in [0.15, 0.2) is 5.11 Å². The summed E-state index contributed by atoms with van der Waals surface area (Å²) < 4.78 is 39.4. The first kappa shape index (κ1) is 21.2. The molecule has 0 saturated carbocycles. The molecular formula is C19H18Cl2F3N3S. The number of para-hydroxylation sites is 1. The third-order valence-electron chi connectivity index (χ3n) is 4.54.